The van der Waals surface area contributed by atoms with Crippen LogP contribution in [0.4, 0.5) is 11.5 Å². The molecule has 0 amide bonds. The van der Waals surface area contributed by atoms with E-state index in [2.05, 4.69) is 9.88 Å². The fraction of sp³-hybridized carbons (Fsp3) is 0.545. The average molecular weight is 207 g/mol. The van der Waals surface area contributed by atoms with Crippen molar-refractivity contribution in [3.63, 3.8) is 0 Å². The van der Waals surface area contributed by atoms with Crippen LogP contribution in [0.1, 0.15) is 19.8 Å². The molecular weight excluding hydrogens is 190 g/mol. The van der Waals surface area contributed by atoms with Crippen LogP contribution in [0, 0.1) is 0 Å². The Bertz CT molecular complexity index is 341. The SMILES string of the molecule is CC1(O)CCN(c2ncccc2N)CC1. The minimum absolute atomic E-state index is 0.528. The first-order valence-electron chi connectivity index (χ1n) is 5.26. The van der Waals surface area contributed by atoms with Crippen molar-refractivity contribution < 1.29 is 5.11 Å². The first-order valence-corrected chi connectivity index (χ1v) is 5.26. The van der Waals surface area contributed by atoms with Crippen LogP contribution in [-0.4, -0.2) is 28.8 Å². The molecule has 1 aromatic rings. The van der Waals surface area contributed by atoms with Crippen molar-refractivity contribution in [3.8, 4) is 0 Å². The Morgan fingerprint density at radius 1 is 1.47 bits per heavy atom. The molecule has 1 fully saturated rings. The van der Waals surface area contributed by atoms with Gasteiger partial charge in [-0.3, -0.25) is 0 Å². The fourth-order valence-corrected chi connectivity index (χ4v) is 1.87. The first-order chi connectivity index (χ1) is 7.08. The largest absolute Gasteiger partial charge is 0.396 e. The Balaban J connectivity index is 2.11. The highest BCUT2D eigenvalue weighted by molar-refractivity contribution is 5.62. The lowest BCUT2D eigenvalue weighted by Gasteiger charge is -2.36. The lowest BCUT2D eigenvalue weighted by Crippen LogP contribution is -2.43. The topological polar surface area (TPSA) is 62.4 Å². The lowest BCUT2D eigenvalue weighted by molar-refractivity contribution is 0.0350. The fourth-order valence-electron chi connectivity index (χ4n) is 1.87. The predicted octanol–water partition coefficient (Wildman–Crippen LogP) is 1.02. The van der Waals surface area contributed by atoms with Gasteiger partial charge in [0, 0.05) is 19.3 Å². The zero-order chi connectivity index (χ0) is 10.9. The van der Waals surface area contributed by atoms with Gasteiger partial charge < -0.3 is 15.7 Å². The molecule has 4 heteroatoms. The summed E-state index contributed by atoms with van der Waals surface area (Å²) in [4.78, 5) is 6.40. The van der Waals surface area contributed by atoms with E-state index in [0.717, 1.165) is 31.7 Å². The van der Waals surface area contributed by atoms with Crippen LogP contribution in [-0.2, 0) is 0 Å². The smallest absolute Gasteiger partial charge is 0.151 e. The van der Waals surface area contributed by atoms with Gasteiger partial charge in [0.15, 0.2) is 5.82 Å². The molecule has 0 bridgehead atoms. The Morgan fingerprint density at radius 2 is 2.13 bits per heavy atom. The summed E-state index contributed by atoms with van der Waals surface area (Å²) < 4.78 is 0. The normalized spacial score (nSPS) is 20.3. The maximum Gasteiger partial charge on any atom is 0.151 e. The van der Waals surface area contributed by atoms with E-state index < -0.39 is 5.60 Å². The number of nitrogen functional groups attached to an aromatic ring is 1. The van der Waals surface area contributed by atoms with Gasteiger partial charge in [-0.25, -0.2) is 4.98 Å². The number of rotatable bonds is 1. The summed E-state index contributed by atoms with van der Waals surface area (Å²) in [7, 11) is 0. The molecule has 1 aliphatic heterocycles. The highest BCUT2D eigenvalue weighted by Crippen LogP contribution is 2.27. The number of nitrogens with two attached hydrogens (primary N) is 1. The van der Waals surface area contributed by atoms with Gasteiger partial charge in [0.05, 0.1) is 11.3 Å². The van der Waals surface area contributed by atoms with E-state index in [4.69, 9.17) is 5.73 Å². The lowest BCUT2D eigenvalue weighted by atomic mass is 9.94. The van der Waals surface area contributed by atoms with Gasteiger partial charge >= 0.3 is 0 Å². The summed E-state index contributed by atoms with van der Waals surface area (Å²) in [5.74, 6) is 0.841. The van der Waals surface area contributed by atoms with E-state index in [1.807, 2.05) is 19.1 Å². The minimum atomic E-state index is -0.528. The summed E-state index contributed by atoms with van der Waals surface area (Å²) in [6, 6.07) is 3.69. The van der Waals surface area contributed by atoms with Crippen molar-refractivity contribution in [2.45, 2.75) is 25.4 Å². The number of anilines is 2. The van der Waals surface area contributed by atoms with Crippen LogP contribution >= 0.6 is 0 Å². The van der Waals surface area contributed by atoms with Crippen molar-refractivity contribution >= 4 is 11.5 Å². The van der Waals surface area contributed by atoms with Crippen molar-refractivity contribution in [3.05, 3.63) is 18.3 Å². The molecule has 0 aromatic carbocycles. The summed E-state index contributed by atoms with van der Waals surface area (Å²) in [6.45, 7) is 3.51. The molecule has 0 aliphatic carbocycles. The molecule has 0 radical (unpaired) electrons. The van der Waals surface area contributed by atoms with E-state index in [-0.39, 0.29) is 0 Å². The first kappa shape index (κ1) is 10.2. The van der Waals surface area contributed by atoms with Gasteiger partial charge in [0.25, 0.3) is 0 Å². The van der Waals surface area contributed by atoms with Crippen molar-refractivity contribution in [2.75, 3.05) is 23.7 Å². The van der Waals surface area contributed by atoms with E-state index in [1.165, 1.54) is 0 Å². The van der Waals surface area contributed by atoms with Gasteiger partial charge in [-0.05, 0) is 31.9 Å². The summed E-state index contributed by atoms with van der Waals surface area (Å²) in [6.07, 6.45) is 3.28. The van der Waals surface area contributed by atoms with E-state index >= 15 is 0 Å². The average Bonchev–Trinajstić information content (AvgIpc) is 2.19. The highest BCUT2D eigenvalue weighted by atomic mass is 16.3. The molecule has 0 spiro atoms. The second-order valence-electron chi connectivity index (χ2n) is 4.40. The molecule has 3 N–H and O–H groups in total. The van der Waals surface area contributed by atoms with Crippen LogP contribution in [0.2, 0.25) is 0 Å². The van der Waals surface area contributed by atoms with Gasteiger partial charge in [0.1, 0.15) is 0 Å². The molecule has 2 rings (SSSR count). The van der Waals surface area contributed by atoms with E-state index in [0.29, 0.717) is 5.69 Å². The van der Waals surface area contributed by atoms with Gasteiger partial charge in [-0.2, -0.15) is 0 Å². The molecule has 1 aliphatic rings. The molecule has 82 valence electrons. The van der Waals surface area contributed by atoms with Crippen molar-refractivity contribution in [1.29, 1.82) is 0 Å². The van der Waals surface area contributed by atoms with Gasteiger partial charge in [-0.1, -0.05) is 0 Å². The number of pyridine rings is 1. The Labute approximate surface area is 89.7 Å². The zero-order valence-corrected chi connectivity index (χ0v) is 8.98. The maximum absolute atomic E-state index is 9.83. The third-order valence-electron chi connectivity index (χ3n) is 2.96. The number of piperidine rings is 1. The number of hydrogen-bond donors (Lipinski definition) is 2. The molecule has 0 saturated carbocycles. The molecule has 4 nitrogen and oxygen atoms in total. The molecule has 1 aromatic heterocycles. The van der Waals surface area contributed by atoms with E-state index in [1.54, 1.807) is 6.20 Å². The molecular formula is C11H17N3O. The van der Waals surface area contributed by atoms with Crippen LogP contribution < -0.4 is 10.6 Å². The summed E-state index contributed by atoms with van der Waals surface area (Å²) in [5, 5.41) is 9.83. The zero-order valence-electron chi connectivity index (χ0n) is 8.98. The van der Waals surface area contributed by atoms with Crippen molar-refractivity contribution in [2.24, 2.45) is 0 Å². The summed E-state index contributed by atoms with van der Waals surface area (Å²) in [5.41, 5.74) is 6.03. The van der Waals surface area contributed by atoms with Crippen LogP contribution in [0.25, 0.3) is 0 Å². The summed E-state index contributed by atoms with van der Waals surface area (Å²) >= 11 is 0. The quantitative estimate of drug-likeness (QED) is 0.721. The number of hydrogen-bond acceptors (Lipinski definition) is 4. The van der Waals surface area contributed by atoms with Crippen LogP contribution in [0.15, 0.2) is 18.3 Å². The van der Waals surface area contributed by atoms with Crippen LogP contribution in [0.3, 0.4) is 0 Å². The van der Waals surface area contributed by atoms with E-state index in [9.17, 15) is 5.11 Å². The van der Waals surface area contributed by atoms with Gasteiger partial charge in [-0.15, -0.1) is 0 Å². The Morgan fingerprint density at radius 3 is 2.73 bits per heavy atom. The monoisotopic (exact) mass is 207 g/mol. The molecule has 1 saturated heterocycles. The molecule has 15 heavy (non-hydrogen) atoms. The molecule has 2 heterocycles. The number of aliphatic hydroxyl groups is 1. The Kier molecular flexibility index (Phi) is 2.52. The minimum Gasteiger partial charge on any atom is -0.396 e. The molecule has 0 unspecified atom stereocenters. The number of aromatic nitrogens is 1. The predicted molar refractivity (Wildman–Crippen MR) is 60.7 cm³/mol. The maximum atomic E-state index is 9.83. The Hall–Kier alpha value is -1.29. The third-order valence-corrected chi connectivity index (χ3v) is 2.96. The molecule has 0 atom stereocenters. The third kappa shape index (κ3) is 2.21. The standard InChI is InChI=1S/C11H17N3O/c1-11(15)4-7-14(8-5-11)10-9(12)3-2-6-13-10/h2-3,6,15H,4-5,7-8,12H2,1H3. The highest BCUT2D eigenvalue weighted by Gasteiger charge is 2.28. The number of nitrogens with zero attached hydrogens (tertiary/aromatic N) is 2. The second kappa shape index (κ2) is 3.70. The van der Waals surface area contributed by atoms with Crippen LogP contribution in [0.5, 0.6) is 0 Å². The van der Waals surface area contributed by atoms with Crippen molar-refractivity contribution in [1.82, 2.24) is 4.98 Å². The van der Waals surface area contributed by atoms with Gasteiger partial charge in [0.2, 0.25) is 0 Å². The second-order valence-corrected chi connectivity index (χ2v) is 4.40.